The number of amides is 1. The highest BCUT2D eigenvalue weighted by Gasteiger charge is 2.44. The zero-order valence-electron chi connectivity index (χ0n) is 24.4. The van der Waals surface area contributed by atoms with Gasteiger partial charge in [0.2, 0.25) is 0 Å². The number of fused-ring (bicyclic) bond motifs is 1. The number of nitrogens with zero attached hydrogens (tertiary/aromatic N) is 2. The molecule has 0 saturated heterocycles. The SMILES string of the molecule is CCS(=O)(=O)c1ccc(CNC(=O)c2cc3c(s2)CCCN(C(C)c2ccc(C#N)cc2)CCCOC2(CC2)C3)cc1. The maximum Gasteiger partial charge on any atom is 0.261 e. The molecule has 2 heterocycles. The zero-order valence-corrected chi connectivity index (χ0v) is 26.0. The van der Waals surface area contributed by atoms with Crippen LogP contribution in [0.2, 0.25) is 0 Å². The van der Waals surface area contributed by atoms with Gasteiger partial charge in [0.25, 0.3) is 5.91 Å². The predicted octanol–water partition coefficient (Wildman–Crippen LogP) is 5.83. The number of hydrogen-bond acceptors (Lipinski definition) is 7. The summed E-state index contributed by atoms with van der Waals surface area (Å²) in [5, 5.41) is 12.2. The summed E-state index contributed by atoms with van der Waals surface area (Å²) in [7, 11) is -3.25. The quantitative estimate of drug-likeness (QED) is 0.364. The lowest BCUT2D eigenvalue weighted by molar-refractivity contribution is 0.0250. The van der Waals surface area contributed by atoms with Crippen molar-refractivity contribution in [3.63, 3.8) is 0 Å². The first-order valence-electron chi connectivity index (χ1n) is 14.8. The van der Waals surface area contributed by atoms with Crippen molar-refractivity contribution >= 4 is 27.1 Å². The smallest absolute Gasteiger partial charge is 0.261 e. The first-order chi connectivity index (χ1) is 20.2. The molecule has 1 aliphatic heterocycles. The summed E-state index contributed by atoms with van der Waals surface area (Å²) in [6.07, 6.45) is 5.84. The van der Waals surface area contributed by atoms with Crippen molar-refractivity contribution in [1.29, 1.82) is 5.26 Å². The Morgan fingerprint density at radius 3 is 2.50 bits per heavy atom. The lowest BCUT2D eigenvalue weighted by atomic mass is 10.0. The number of sulfone groups is 1. The number of carbonyl (C=O) groups excluding carboxylic acids is 1. The number of hydrogen-bond donors (Lipinski definition) is 1. The van der Waals surface area contributed by atoms with Crippen molar-refractivity contribution in [1.82, 2.24) is 10.2 Å². The van der Waals surface area contributed by atoms with E-state index < -0.39 is 9.84 Å². The van der Waals surface area contributed by atoms with Crippen molar-refractivity contribution in [2.75, 3.05) is 25.4 Å². The molecule has 5 rings (SSSR count). The normalized spacial score (nSPS) is 18.2. The lowest BCUT2D eigenvalue weighted by Gasteiger charge is -2.30. The molecule has 222 valence electrons. The van der Waals surface area contributed by atoms with Gasteiger partial charge in [-0.05, 0) is 92.6 Å². The number of thiophene rings is 1. The van der Waals surface area contributed by atoms with Gasteiger partial charge >= 0.3 is 0 Å². The first kappa shape index (κ1) is 30.4. The zero-order chi connectivity index (χ0) is 29.7. The fourth-order valence-electron chi connectivity index (χ4n) is 5.59. The molecule has 1 unspecified atom stereocenters. The van der Waals surface area contributed by atoms with Crippen LogP contribution in [0.15, 0.2) is 59.5 Å². The predicted molar refractivity (Wildman–Crippen MR) is 165 cm³/mol. The molecule has 9 heteroatoms. The van der Waals surface area contributed by atoms with E-state index in [0.29, 0.717) is 21.9 Å². The van der Waals surface area contributed by atoms with E-state index in [9.17, 15) is 13.2 Å². The van der Waals surface area contributed by atoms with Gasteiger partial charge in [0.1, 0.15) is 0 Å². The molecule has 1 aromatic heterocycles. The Balaban J connectivity index is 1.26. The molecule has 42 heavy (non-hydrogen) atoms. The highest BCUT2D eigenvalue weighted by Crippen LogP contribution is 2.44. The van der Waals surface area contributed by atoms with Crippen LogP contribution in [0.25, 0.3) is 0 Å². The molecule has 1 atom stereocenters. The Morgan fingerprint density at radius 1 is 1.12 bits per heavy atom. The van der Waals surface area contributed by atoms with Crippen LogP contribution in [0.3, 0.4) is 0 Å². The number of benzene rings is 2. The Hall–Kier alpha value is -3.03. The van der Waals surface area contributed by atoms with Gasteiger partial charge in [0.15, 0.2) is 9.84 Å². The van der Waals surface area contributed by atoms with E-state index in [1.54, 1.807) is 42.5 Å². The van der Waals surface area contributed by atoms with Crippen LogP contribution < -0.4 is 5.32 Å². The van der Waals surface area contributed by atoms with E-state index in [2.05, 4.69) is 41.4 Å². The van der Waals surface area contributed by atoms with Gasteiger partial charge in [-0.1, -0.05) is 31.2 Å². The summed E-state index contributed by atoms with van der Waals surface area (Å²) in [6, 6.07) is 19.1. The summed E-state index contributed by atoms with van der Waals surface area (Å²) in [5.41, 5.74) is 3.86. The van der Waals surface area contributed by atoms with Gasteiger partial charge in [-0.3, -0.25) is 9.69 Å². The third-order valence-electron chi connectivity index (χ3n) is 8.47. The molecule has 2 aromatic carbocycles. The van der Waals surface area contributed by atoms with Crippen molar-refractivity contribution in [2.45, 2.75) is 75.5 Å². The van der Waals surface area contributed by atoms with Crippen LogP contribution in [0.1, 0.15) is 82.4 Å². The molecule has 0 radical (unpaired) electrons. The van der Waals surface area contributed by atoms with E-state index in [-0.39, 0.29) is 23.3 Å². The average molecular weight is 606 g/mol. The van der Waals surface area contributed by atoms with Crippen LogP contribution in [0.4, 0.5) is 0 Å². The first-order valence-corrected chi connectivity index (χ1v) is 17.3. The molecule has 2 aliphatic rings. The Morgan fingerprint density at radius 2 is 1.83 bits per heavy atom. The number of aryl methyl sites for hydroxylation is 1. The average Bonchev–Trinajstić information content (AvgIpc) is 3.66. The minimum absolute atomic E-state index is 0.0621. The lowest BCUT2D eigenvalue weighted by Crippen LogP contribution is -2.31. The monoisotopic (exact) mass is 605 g/mol. The van der Waals surface area contributed by atoms with E-state index in [1.165, 1.54) is 16.0 Å². The second kappa shape index (κ2) is 13.1. The van der Waals surface area contributed by atoms with Crippen molar-refractivity contribution in [2.24, 2.45) is 0 Å². The second-order valence-corrected chi connectivity index (χ2v) is 14.8. The molecule has 1 saturated carbocycles. The van der Waals surface area contributed by atoms with Gasteiger partial charge in [0, 0.05) is 37.0 Å². The van der Waals surface area contributed by atoms with Crippen molar-refractivity contribution in [3.05, 3.63) is 86.6 Å². The van der Waals surface area contributed by atoms with Crippen LogP contribution in [-0.4, -0.2) is 50.3 Å². The maximum absolute atomic E-state index is 13.2. The largest absolute Gasteiger partial charge is 0.375 e. The van der Waals surface area contributed by atoms with Crippen LogP contribution >= 0.6 is 11.3 Å². The molecule has 1 fully saturated rings. The van der Waals surface area contributed by atoms with Gasteiger partial charge in [-0.25, -0.2) is 8.42 Å². The standard InChI is InChI=1S/C33H39N3O4S2/c1-3-42(38,39)29-13-9-26(10-14-29)23-35-32(37)31-20-28-21-33(15-16-33)40-19-5-18-36(17-4-6-30(28)41-31)24(2)27-11-7-25(22-34)8-12-27/h7-14,20,24H,3-6,15-19,21,23H2,1-2H3,(H,35,37). The topological polar surface area (TPSA) is 99.5 Å². The van der Waals surface area contributed by atoms with E-state index in [4.69, 9.17) is 10.00 Å². The van der Waals surface area contributed by atoms with Crippen LogP contribution in [0.5, 0.6) is 0 Å². The molecule has 1 N–H and O–H groups in total. The van der Waals surface area contributed by atoms with Crippen molar-refractivity contribution in [3.8, 4) is 6.07 Å². The summed E-state index contributed by atoms with van der Waals surface area (Å²) in [4.78, 5) is 18.0. The minimum atomic E-state index is -3.25. The Kier molecular flexibility index (Phi) is 9.48. The Bertz CT molecular complexity index is 1540. The number of carbonyl (C=O) groups is 1. The summed E-state index contributed by atoms with van der Waals surface area (Å²) >= 11 is 1.58. The molecule has 1 aliphatic carbocycles. The maximum atomic E-state index is 13.2. The number of ether oxygens (including phenoxy) is 1. The van der Waals surface area contributed by atoms with Gasteiger partial charge in [0.05, 0.1) is 32.8 Å². The third-order valence-corrected chi connectivity index (χ3v) is 11.5. The summed E-state index contributed by atoms with van der Waals surface area (Å²) in [6.45, 7) is 6.81. The molecule has 1 amide bonds. The molecular weight excluding hydrogens is 567 g/mol. The molecular formula is C33H39N3O4S2. The van der Waals surface area contributed by atoms with Gasteiger partial charge in [-0.15, -0.1) is 11.3 Å². The number of nitrogens with one attached hydrogen (secondary N) is 1. The Labute approximate surface area is 253 Å². The number of nitriles is 1. The fraction of sp³-hybridized carbons (Fsp3) is 0.455. The molecule has 7 nitrogen and oxygen atoms in total. The minimum Gasteiger partial charge on any atom is -0.375 e. The van der Waals surface area contributed by atoms with Crippen LogP contribution in [0, 0.1) is 11.3 Å². The molecule has 1 spiro atoms. The molecule has 3 aromatic rings. The number of rotatable bonds is 7. The third kappa shape index (κ3) is 7.30. The summed E-state index contributed by atoms with van der Waals surface area (Å²) < 4.78 is 30.6. The van der Waals surface area contributed by atoms with Gasteiger partial charge in [-0.2, -0.15) is 5.26 Å². The molecule has 0 bridgehead atoms. The van der Waals surface area contributed by atoms with E-state index >= 15 is 0 Å². The van der Waals surface area contributed by atoms with Gasteiger partial charge < -0.3 is 10.1 Å². The highest BCUT2D eigenvalue weighted by atomic mass is 32.2. The van der Waals surface area contributed by atoms with E-state index in [1.807, 2.05) is 12.1 Å². The fourth-order valence-corrected chi connectivity index (χ4v) is 7.62. The second-order valence-electron chi connectivity index (χ2n) is 11.4. The van der Waals surface area contributed by atoms with E-state index in [0.717, 1.165) is 63.8 Å². The highest BCUT2D eigenvalue weighted by molar-refractivity contribution is 7.91. The summed E-state index contributed by atoms with van der Waals surface area (Å²) in [5.74, 6) is -0.0454. The van der Waals surface area contributed by atoms with Crippen molar-refractivity contribution < 1.29 is 17.9 Å². The van der Waals surface area contributed by atoms with Crippen LogP contribution in [-0.2, 0) is 34.0 Å².